The Balaban J connectivity index is 1.61. The number of aromatic nitrogens is 4. The van der Waals surface area contributed by atoms with Gasteiger partial charge in [0.1, 0.15) is 5.69 Å². The average Bonchev–Trinajstić information content (AvgIpc) is 3.09. The molecule has 3 rings (SSSR count). The van der Waals surface area contributed by atoms with Crippen LogP contribution in [-0.2, 0) is 26.8 Å². The summed E-state index contributed by atoms with van der Waals surface area (Å²) >= 11 is 0. The van der Waals surface area contributed by atoms with Crippen LogP contribution in [0.3, 0.4) is 0 Å². The van der Waals surface area contributed by atoms with E-state index in [2.05, 4.69) is 15.1 Å². The number of hydrogen-bond acceptors (Lipinski definition) is 4. The van der Waals surface area contributed by atoms with E-state index >= 15 is 0 Å². The van der Waals surface area contributed by atoms with Gasteiger partial charge < -0.3 is 4.90 Å². The molecule has 1 aliphatic heterocycles. The van der Waals surface area contributed by atoms with Gasteiger partial charge in [0.15, 0.2) is 5.69 Å². The van der Waals surface area contributed by atoms with E-state index < -0.39 is 17.8 Å². The third-order valence-electron chi connectivity index (χ3n) is 4.56. The van der Waals surface area contributed by atoms with Gasteiger partial charge in [-0.25, -0.2) is 0 Å². The van der Waals surface area contributed by atoms with Gasteiger partial charge in [0, 0.05) is 64.6 Å². The largest absolute Gasteiger partial charge is 0.433 e. The van der Waals surface area contributed by atoms with E-state index in [0.29, 0.717) is 30.9 Å². The first kappa shape index (κ1) is 18.4. The molecule has 0 saturated carbocycles. The summed E-state index contributed by atoms with van der Waals surface area (Å²) in [6.45, 7) is 4.90. The van der Waals surface area contributed by atoms with Gasteiger partial charge in [-0.2, -0.15) is 23.4 Å². The highest BCUT2D eigenvalue weighted by atomic mass is 19.4. The van der Waals surface area contributed by atoms with Crippen molar-refractivity contribution in [3.63, 3.8) is 0 Å². The van der Waals surface area contributed by atoms with Crippen LogP contribution < -0.4 is 0 Å². The molecule has 142 valence electrons. The van der Waals surface area contributed by atoms with Crippen molar-refractivity contribution in [2.45, 2.75) is 19.6 Å². The first-order chi connectivity index (χ1) is 12.1. The smallest absolute Gasteiger partial charge is 0.335 e. The topological polar surface area (TPSA) is 59.2 Å². The van der Waals surface area contributed by atoms with E-state index in [1.165, 1.54) is 7.05 Å². The van der Waals surface area contributed by atoms with E-state index in [1.54, 1.807) is 9.58 Å². The Morgan fingerprint density at radius 1 is 1.15 bits per heavy atom. The molecule has 0 atom stereocenters. The molecule has 0 radical (unpaired) electrons. The molecule has 3 heterocycles. The molecule has 2 aromatic rings. The minimum Gasteiger partial charge on any atom is -0.335 e. The maximum absolute atomic E-state index is 12.9. The zero-order chi connectivity index (χ0) is 19.1. The van der Waals surface area contributed by atoms with Gasteiger partial charge in [-0.05, 0) is 6.92 Å². The predicted molar refractivity (Wildman–Crippen MR) is 87.3 cm³/mol. The van der Waals surface area contributed by atoms with Crippen LogP contribution >= 0.6 is 0 Å². The summed E-state index contributed by atoms with van der Waals surface area (Å²) in [6.07, 6.45) is -2.56. The molecule has 10 heteroatoms. The monoisotopic (exact) mass is 370 g/mol. The van der Waals surface area contributed by atoms with Gasteiger partial charge in [-0.15, -0.1) is 0 Å². The van der Waals surface area contributed by atoms with Crippen LogP contribution in [0.25, 0.3) is 0 Å². The summed E-state index contributed by atoms with van der Waals surface area (Å²) in [5.74, 6) is -0.465. The molecule has 0 bridgehead atoms. The first-order valence-electron chi connectivity index (χ1n) is 8.27. The summed E-state index contributed by atoms with van der Waals surface area (Å²) in [7, 11) is 3.06. The number of carbonyl (C=O) groups is 1. The highest BCUT2D eigenvalue weighted by Crippen LogP contribution is 2.29. The number of aryl methyl sites for hydroxylation is 3. The van der Waals surface area contributed by atoms with E-state index in [-0.39, 0.29) is 5.69 Å². The molecule has 0 spiro atoms. The Hall–Kier alpha value is -2.36. The molecule has 0 aliphatic carbocycles. The van der Waals surface area contributed by atoms with Crippen LogP contribution in [0.15, 0.2) is 12.3 Å². The molecule has 0 N–H and O–H groups in total. The second kappa shape index (κ2) is 6.75. The second-order valence-corrected chi connectivity index (χ2v) is 6.52. The Morgan fingerprint density at radius 3 is 2.31 bits per heavy atom. The highest BCUT2D eigenvalue weighted by molar-refractivity contribution is 5.92. The van der Waals surface area contributed by atoms with E-state index in [0.717, 1.165) is 23.9 Å². The molecule has 1 fully saturated rings. The van der Waals surface area contributed by atoms with Gasteiger partial charge in [-0.1, -0.05) is 0 Å². The van der Waals surface area contributed by atoms with Crippen LogP contribution in [0.2, 0.25) is 0 Å². The van der Waals surface area contributed by atoms with Crippen molar-refractivity contribution in [2.24, 2.45) is 14.1 Å². The number of alkyl halides is 3. The lowest BCUT2D eigenvalue weighted by Gasteiger charge is -2.34. The normalized spacial score (nSPS) is 16.3. The Bertz CT molecular complexity index is 802. The Labute approximate surface area is 149 Å². The lowest BCUT2D eigenvalue weighted by molar-refractivity contribution is -0.143. The molecule has 0 unspecified atom stereocenters. The number of rotatable bonds is 3. The number of halogens is 3. The van der Waals surface area contributed by atoms with Gasteiger partial charge in [0.2, 0.25) is 0 Å². The fraction of sp³-hybridized carbons (Fsp3) is 0.562. The maximum Gasteiger partial charge on any atom is 0.433 e. The van der Waals surface area contributed by atoms with E-state index in [4.69, 9.17) is 0 Å². The SMILES string of the molecule is Cc1nn(C)cc1CN1CCN(C(=O)c2cc(C(F)(F)F)n(C)n2)CC1. The van der Waals surface area contributed by atoms with E-state index in [1.807, 2.05) is 20.2 Å². The summed E-state index contributed by atoms with van der Waals surface area (Å²) in [5.41, 5.74) is 1.01. The van der Waals surface area contributed by atoms with Crippen LogP contribution in [0, 0.1) is 6.92 Å². The number of amides is 1. The number of nitrogens with zero attached hydrogens (tertiary/aromatic N) is 6. The Kier molecular flexibility index (Phi) is 4.78. The number of hydrogen-bond donors (Lipinski definition) is 0. The third kappa shape index (κ3) is 3.74. The summed E-state index contributed by atoms with van der Waals surface area (Å²) < 4.78 is 41.1. The summed E-state index contributed by atoms with van der Waals surface area (Å²) in [4.78, 5) is 16.2. The summed E-state index contributed by atoms with van der Waals surface area (Å²) in [6, 6.07) is 0.813. The summed E-state index contributed by atoms with van der Waals surface area (Å²) in [5, 5.41) is 8.05. The van der Waals surface area contributed by atoms with E-state index in [9.17, 15) is 18.0 Å². The molecule has 26 heavy (non-hydrogen) atoms. The molecule has 1 amide bonds. The van der Waals surface area contributed by atoms with Gasteiger partial charge in [0.05, 0.1) is 5.69 Å². The molecule has 1 aliphatic rings. The highest BCUT2D eigenvalue weighted by Gasteiger charge is 2.36. The molecular weight excluding hydrogens is 349 g/mol. The van der Waals surface area contributed by atoms with Crippen molar-refractivity contribution in [1.29, 1.82) is 0 Å². The van der Waals surface area contributed by atoms with Crippen molar-refractivity contribution in [2.75, 3.05) is 26.2 Å². The third-order valence-corrected chi connectivity index (χ3v) is 4.56. The zero-order valence-electron chi connectivity index (χ0n) is 14.9. The fourth-order valence-electron chi connectivity index (χ4n) is 3.15. The quantitative estimate of drug-likeness (QED) is 0.820. The van der Waals surface area contributed by atoms with Gasteiger partial charge >= 0.3 is 6.18 Å². The molecule has 0 aromatic carbocycles. The lowest BCUT2D eigenvalue weighted by atomic mass is 10.2. The van der Waals surface area contributed by atoms with Crippen molar-refractivity contribution in [1.82, 2.24) is 29.4 Å². The van der Waals surface area contributed by atoms with Crippen molar-refractivity contribution < 1.29 is 18.0 Å². The first-order valence-corrected chi connectivity index (χ1v) is 8.27. The lowest BCUT2D eigenvalue weighted by Crippen LogP contribution is -2.48. The fourth-order valence-corrected chi connectivity index (χ4v) is 3.15. The predicted octanol–water partition coefficient (Wildman–Crippen LogP) is 1.44. The number of carbonyl (C=O) groups excluding carboxylic acids is 1. The van der Waals surface area contributed by atoms with Crippen LogP contribution in [0.4, 0.5) is 13.2 Å². The molecular formula is C16H21F3N6O. The van der Waals surface area contributed by atoms with Crippen LogP contribution in [-0.4, -0.2) is 61.4 Å². The van der Waals surface area contributed by atoms with Crippen LogP contribution in [0.5, 0.6) is 0 Å². The second-order valence-electron chi connectivity index (χ2n) is 6.52. The number of piperazine rings is 1. The zero-order valence-corrected chi connectivity index (χ0v) is 14.9. The molecule has 2 aromatic heterocycles. The molecule has 1 saturated heterocycles. The van der Waals surface area contributed by atoms with Crippen molar-refractivity contribution in [3.8, 4) is 0 Å². The average molecular weight is 370 g/mol. The Morgan fingerprint density at radius 2 is 1.81 bits per heavy atom. The minimum atomic E-state index is -4.53. The maximum atomic E-state index is 12.9. The van der Waals surface area contributed by atoms with Gasteiger partial charge in [0.25, 0.3) is 5.91 Å². The van der Waals surface area contributed by atoms with Crippen molar-refractivity contribution >= 4 is 5.91 Å². The standard InChI is InChI=1S/C16H21F3N6O/c1-11-12(9-22(2)20-11)10-24-4-6-25(7-5-24)15(26)13-8-14(16(17,18)19)23(3)21-13/h8-9H,4-7,10H2,1-3H3. The molecule has 7 nitrogen and oxygen atoms in total. The van der Waals surface area contributed by atoms with Gasteiger partial charge in [-0.3, -0.25) is 19.1 Å². The van der Waals surface area contributed by atoms with Crippen molar-refractivity contribution in [3.05, 3.63) is 34.9 Å². The minimum absolute atomic E-state index is 0.170. The van der Waals surface area contributed by atoms with Crippen LogP contribution in [0.1, 0.15) is 27.4 Å².